The van der Waals surface area contributed by atoms with Crippen LogP contribution in [0.15, 0.2) is 48.5 Å². The number of hydrogen-bond acceptors (Lipinski definition) is 4. The summed E-state index contributed by atoms with van der Waals surface area (Å²) in [6.07, 6.45) is 2.93. The van der Waals surface area contributed by atoms with Crippen molar-refractivity contribution in [2.24, 2.45) is 0 Å². The van der Waals surface area contributed by atoms with E-state index in [2.05, 4.69) is 22.3 Å². The van der Waals surface area contributed by atoms with Crippen molar-refractivity contribution in [3.8, 4) is 11.5 Å². The molecule has 1 aliphatic rings. The lowest BCUT2D eigenvalue weighted by atomic mass is 10.0. The van der Waals surface area contributed by atoms with E-state index in [-0.39, 0.29) is 17.8 Å². The first-order valence-corrected chi connectivity index (χ1v) is 10.1. The Hall–Kier alpha value is -2.60. The number of benzene rings is 2. The third-order valence-corrected chi connectivity index (χ3v) is 5.30. The predicted octanol–water partition coefficient (Wildman–Crippen LogP) is 3.95. The quantitative estimate of drug-likeness (QED) is 0.729. The molecule has 29 heavy (non-hydrogen) atoms. The lowest BCUT2D eigenvalue weighted by molar-refractivity contribution is -0.127. The highest BCUT2D eigenvalue weighted by molar-refractivity contribution is 5.80. The number of piperidine rings is 1. The molecule has 1 fully saturated rings. The Balaban J connectivity index is 1.63. The molecule has 1 heterocycles. The van der Waals surface area contributed by atoms with Crippen molar-refractivity contribution in [1.82, 2.24) is 10.2 Å². The molecule has 0 aliphatic carbocycles. The van der Waals surface area contributed by atoms with Gasteiger partial charge >= 0.3 is 0 Å². The minimum Gasteiger partial charge on any atom is -0.497 e. The zero-order chi connectivity index (χ0) is 20.6. The van der Waals surface area contributed by atoms with E-state index < -0.39 is 6.10 Å². The fourth-order valence-electron chi connectivity index (χ4n) is 3.63. The molecule has 5 nitrogen and oxygen atoms in total. The van der Waals surface area contributed by atoms with Gasteiger partial charge in [0, 0.05) is 6.54 Å². The monoisotopic (exact) mass is 400 g/mol. The van der Waals surface area contributed by atoms with E-state index in [1.807, 2.05) is 12.1 Å². The van der Waals surface area contributed by atoms with Gasteiger partial charge in [-0.1, -0.05) is 18.6 Å². The molecular weight excluding hydrogens is 371 g/mol. The van der Waals surface area contributed by atoms with Gasteiger partial charge in [-0.3, -0.25) is 9.69 Å². The van der Waals surface area contributed by atoms with Crippen LogP contribution in [0.5, 0.6) is 11.5 Å². The van der Waals surface area contributed by atoms with Crippen LogP contribution in [0.1, 0.15) is 37.8 Å². The number of likely N-dealkylation sites (tertiary alicyclic amines) is 1. The van der Waals surface area contributed by atoms with Crippen molar-refractivity contribution in [2.45, 2.75) is 38.3 Å². The summed E-state index contributed by atoms with van der Waals surface area (Å²) in [7, 11) is 1.65. The SMILES string of the molecule is COc1ccc([C@H](CNC(=O)[C@@H](C)Oc2ccc(F)cc2)N2CCCCC2)cc1. The predicted molar refractivity (Wildman–Crippen MR) is 111 cm³/mol. The molecule has 1 amide bonds. The van der Waals surface area contributed by atoms with Gasteiger partial charge in [0.1, 0.15) is 17.3 Å². The van der Waals surface area contributed by atoms with Gasteiger partial charge < -0.3 is 14.8 Å². The van der Waals surface area contributed by atoms with Crippen LogP contribution in [-0.2, 0) is 4.79 Å². The maximum atomic E-state index is 13.0. The summed E-state index contributed by atoms with van der Waals surface area (Å²) in [6, 6.07) is 13.8. The van der Waals surface area contributed by atoms with Crippen molar-refractivity contribution >= 4 is 5.91 Å². The van der Waals surface area contributed by atoms with E-state index in [4.69, 9.17) is 9.47 Å². The van der Waals surface area contributed by atoms with E-state index in [0.717, 1.165) is 24.4 Å². The van der Waals surface area contributed by atoms with E-state index in [9.17, 15) is 9.18 Å². The fourth-order valence-corrected chi connectivity index (χ4v) is 3.63. The van der Waals surface area contributed by atoms with Gasteiger partial charge in [0.25, 0.3) is 5.91 Å². The van der Waals surface area contributed by atoms with Crippen molar-refractivity contribution in [1.29, 1.82) is 0 Å². The molecule has 0 spiro atoms. The maximum Gasteiger partial charge on any atom is 0.260 e. The largest absolute Gasteiger partial charge is 0.497 e. The standard InChI is InChI=1S/C23H29FN2O3/c1-17(29-21-12-8-19(24)9-13-21)23(27)25-16-22(26-14-4-3-5-15-26)18-6-10-20(28-2)11-7-18/h6-13,17,22H,3-5,14-16H2,1-2H3,(H,25,27)/t17-,22+/m1/s1. The molecule has 1 aliphatic heterocycles. The van der Waals surface area contributed by atoms with Gasteiger partial charge in [-0.2, -0.15) is 0 Å². The molecule has 156 valence electrons. The first-order chi connectivity index (χ1) is 14.1. The zero-order valence-corrected chi connectivity index (χ0v) is 17.1. The van der Waals surface area contributed by atoms with E-state index in [1.165, 1.54) is 43.5 Å². The van der Waals surface area contributed by atoms with E-state index >= 15 is 0 Å². The zero-order valence-electron chi connectivity index (χ0n) is 17.1. The summed E-state index contributed by atoms with van der Waals surface area (Å²) in [6.45, 7) is 4.24. The van der Waals surface area contributed by atoms with Gasteiger partial charge in [0.05, 0.1) is 13.2 Å². The average Bonchev–Trinajstić information content (AvgIpc) is 2.76. The molecule has 0 saturated carbocycles. The maximum absolute atomic E-state index is 13.0. The number of amides is 1. The van der Waals surface area contributed by atoms with Crippen LogP contribution in [-0.4, -0.2) is 43.7 Å². The number of ether oxygens (including phenoxy) is 2. The van der Waals surface area contributed by atoms with Crippen molar-refractivity contribution in [3.05, 3.63) is 59.9 Å². The molecular formula is C23H29FN2O3. The number of hydrogen-bond donors (Lipinski definition) is 1. The molecule has 1 N–H and O–H groups in total. The highest BCUT2D eigenvalue weighted by atomic mass is 19.1. The van der Waals surface area contributed by atoms with Crippen LogP contribution in [0, 0.1) is 5.82 Å². The van der Waals surface area contributed by atoms with Gasteiger partial charge in [-0.05, 0) is 74.8 Å². The molecule has 2 aromatic rings. The van der Waals surface area contributed by atoms with Crippen LogP contribution in [0.2, 0.25) is 0 Å². The van der Waals surface area contributed by atoms with Crippen molar-refractivity contribution in [2.75, 3.05) is 26.7 Å². The van der Waals surface area contributed by atoms with Gasteiger partial charge in [0.15, 0.2) is 6.10 Å². The summed E-state index contributed by atoms with van der Waals surface area (Å²) < 4.78 is 23.9. The van der Waals surface area contributed by atoms with Crippen LogP contribution in [0.25, 0.3) is 0 Å². The molecule has 0 bridgehead atoms. The Morgan fingerprint density at radius 3 is 2.28 bits per heavy atom. The van der Waals surface area contributed by atoms with E-state index in [1.54, 1.807) is 14.0 Å². The topological polar surface area (TPSA) is 50.8 Å². The Morgan fingerprint density at radius 2 is 1.66 bits per heavy atom. The Morgan fingerprint density at radius 1 is 1.03 bits per heavy atom. The Labute approximate surface area is 171 Å². The second-order valence-corrected chi connectivity index (χ2v) is 7.34. The fraction of sp³-hybridized carbons (Fsp3) is 0.435. The molecule has 0 unspecified atom stereocenters. The van der Waals surface area contributed by atoms with Gasteiger partial charge in [-0.15, -0.1) is 0 Å². The third-order valence-electron chi connectivity index (χ3n) is 5.30. The Kier molecular flexibility index (Phi) is 7.47. The summed E-state index contributed by atoms with van der Waals surface area (Å²) in [5, 5.41) is 3.03. The molecule has 0 radical (unpaired) electrons. The van der Waals surface area contributed by atoms with Gasteiger partial charge in [0.2, 0.25) is 0 Å². The number of carbonyl (C=O) groups excluding carboxylic acids is 1. The van der Waals surface area contributed by atoms with E-state index in [0.29, 0.717) is 12.3 Å². The third kappa shape index (κ3) is 5.94. The van der Waals surface area contributed by atoms with Crippen LogP contribution in [0.3, 0.4) is 0 Å². The second kappa shape index (κ2) is 10.3. The number of nitrogens with one attached hydrogen (secondary N) is 1. The number of carbonyl (C=O) groups is 1. The summed E-state index contributed by atoms with van der Waals surface area (Å²) in [5.41, 5.74) is 1.15. The Bertz CT molecular complexity index is 774. The lowest BCUT2D eigenvalue weighted by Gasteiger charge is -2.35. The molecule has 1 saturated heterocycles. The first-order valence-electron chi connectivity index (χ1n) is 10.1. The molecule has 2 atom stereocenters. The van der Waals surface area contributed by atoms with Crippen LogP contribution >= 0.6 is 0 Å². The van der Waals surface area contributed by atoms with Crippen molar-refractivity contribution in [3.63, 3.8) is 0 Å². The highest BCUT2D eigenvalue weighted by Gasteiger charge is 2.24. The highest BCUT2D eigenvalue weighted by Crippen LogP contribution is 2.26. The van der Waals surface area contributed by atoms with Crippen molar-refractivity contribution < 1.29 is 18.7 Å². The number of nitrogens with zero attached hydrogens (tertiary/aromatic N) is 1. The minimum atomic E-state index is -0.668. The number of methoxy groups -OCH3 is 1. The second-order valence-electron chi connectivity index (χ2n) is 7.34. The van der Waals surface area contributed by atoms with Crippen LogP contribution in [0.4, 0.5) is 4.39 Å². The molecule has 2 aromatic carbocycles. The van der Waals surface area contributed by atoms with Crippen LogP contribution < -0.4 is 14.8 Å². The minimum absolute atomic E-state index is 0.100. The summed E-state index contributed by atoms with van der Waals surface area (Å²) >= 11 is 0. The van der Waals surface area contributed by atoms with Gasteiger partial charge in [-0.25, -0.2) is 4.39 Å². The lowest BCUT2D eigenvalue weighted by Crippen LogP contribution is -2.43. The molecule has 6 heteroatoms. The summed E-state index contributed by atoms with van der Waals surface area (Å²) in [4.78, 5) is 15.0. The number of rotatable bonds is 8. The average molecular weight is 400 g/mol. The molecule has 0 aromatic heterocycles. The number of halogens is 1. The first kappa shape index (κ1) is 21.1. The molecule has 3 rings (SSSR count). The summed E-state index contributed by atoms with van der Waals surface area (Å²) in [5.74, 6) is 0.761. The smallest absolute Gasteiger partial charge is 0.260 e. The normalized spacial score (nSPS) is 16.7.